The summed E-state index contributed by atoms with van der Waals surface area (Å²) < 4.78 is 11.2. The molecule has 0 radical (unpaired) electrons. The number of benzene rings is 2. The van der Waals surface area contributed by atoms with E-state index in [-0.39, 0.29) is 37.0 Å². The van der Waals surface area contributed by atoms with E-state index in [1.807, 2.05) is 48.5 Å². The van der Waals surface area contributed by atoms with Gasteiger partial charge in [-0.15, -0.1) is 0 Å². The first kappa shape index (κ1) is 19.6. The zero-order valence-electron chi connectivity index (χ0n) is 16.7. The van der Waals surface area contributed by atoms with Crippen LogP contribution >= 0.6 is 0 Å². The molecular formula is C24H27NO4. The standard InChI is InChI=1S/C24H27NO4/c1-17-21(19-10-6-3-7-11-19)12-13-28-22(17)15-23(26)25-20(16-29-24(25)27)14-18-8-4-2-5-9-18/h2-11,17,20-22H,12-16H2,1H3/t17-,20-,21+,22+/m0/s1. The normalized spacial score (nSPS) is 26.9. The topological polar surface area (TPSA) is 55.8 Å². The Hall–Kier alpha value is -2.66. The molecule has 2 amide bonds. The summed E-state index contributed by atoms with van der Waals surface area (Å²) in [5.74, 6) is 0.341. The molecule has 0 bridgehead atoms. The minimum absolute atomic E-state index is 0.196. The van der Waals surface area contributed by atoms with Crippen LogP contribution in [-0.4, -0.2) is 42.3 Å². The van der Waals surface area contributed by atoms with Gasteiger partial charge in [-0.05, 0) is 35.8 Å². The Bertz CT molecular complexity index is 838. The molecule has 2 aromatic carbocycles. The predicted octanol–water partition coefficient (Wildman–Crippen LogP) is 4.18. The lowest BCUT2D eigenvalue weighted by molar-refractivity contribution is -0.135. The van der Waals surface area contributed by atoms with Crippen LogP contribution in [0.4, 0.5) is 4.79 Å². The molecule has 2 heterocycles. The van der Waals surface area contributed by atoms with Crippen LogP contribution in [0.2, 0.25) is 0 Å². The molecule has 2 fully saturated rings. The number of carbonyl (C=O) groups excluding carboxylic acids is 2. The quantitative estimate of drug-likeness (QED) is 0.765. The second-order valence-electron chi connectivity index (χ2n) is 7.96. The molecule has 0 aliphatic carbocycles. The summed E-state index contributed by atoms with van der Waals surface area (Å²) in [4.78, 5) is 26.6. The Morgan fingerprint density at radius 1 is 1.07 bits per heavy atom. The predicted molar refractivity (Wildman–Crippen MR) is 109 cm³/mol. The average Bonchev–Trinajstić information content (AvgIpc) is 3.11. The van der Waals surface area contributed by atoms with Gasteiger partial charge in [-0.25, -0.2) is 9.69 Å². The van der Waals surface area contributed by atoms with Crippen LogP contribution < -0.4 is 0 Å². The van der Waals surface area contributed by atoms with Gasteiger partial charge >= 0.3 is 6.09 Å². The Balaban J connectivity index is 1.43. The summed E-state index contributed by atoms with van der Waals surface area (Å²) in [5, 5.41) is 0. The van der Waals surface area contributed by atoms with Crippen LogP contribution in [0.5, 0.6) is 0 Å². The van der Waals surface area contributed by atoms with Crippen LogP contribution in [0.1, 0.15) is 36.8 Å². The summed E-state index contributed by atoms with van der Waals surface area (Å²) in [7, 11) is 0. The van der Waals surface area contributed by atoms with Gasteiger partial charge in [0.25, 0.3) is 0 Å². The SMILES string of the molecule is C[C@@H]1[C@@H](CC(=O)N2C(=O)OC[C@@H]2Cc2ccccc2)OCC[C@H]1c1ccccc1. The summed E-state index contributed by atoms with van der Waals surface area (Å²) >= 11 is 0. The maximum atomic E-state index is 13.1. The van der Waals surface area contributed by atoms with E-state index in [0.29, 0.717) is 18.9 Å². The molecule has 0 unspecified atom stereocenters. The molecule has 2 aliphatic rings. The van der Waals surface area contributed by atoms with E-state index in [9.17, 15) is 9.59 Å². The van der Waals surface area contributed by atoms with Crippen molar-refractivity contribution in [3.63, 3.8) is 0 Å². The highest BCUT2D eigenvalue weighted by Gasteiger charge is 2.41. The van der Waals surface area contributed by atoms with Gasteiger partial charge in [-0.1, -0.05) is 67.6 Å². The summed E-state index contributed by atoms with van der Waals surface area (Å²) in [6, 6.07) is 20.0. The molecule has 5 nitrogen and oxygen atoms in total. The number of ether oxygens (including phenoxy) is 2. The van der Waals surface area contributed by atoms with E-state index in [1.54, 1.807) is 0 Å². The van der Waals surface area contributed by atoms with E-state index < -0.39 is 6.09 Å². The summed E-state index contributed by atoms with van der Waals surface area (Å²) in [6.07, 6.45) is 1.00. The largest absolute Gasteiger partial charge is 0.447 e. The van der Waals surface area contributed by atoms with Crippen molar-refractivity contribution in [2.75, 3.05) is 13.2 Å². The van der Waals surface area contributed by atoms with Gasteiger partial charge in [0.15, 0.2) is 0 Å². The highest BCUT2D eigenvalue weighted by molar-refractivity contribution is 5.93. The van der Waals surface area contributed by atoms with Gasteiger partial charge in [0.2, 0.25) is 5.91 Å². The number of hydrogen-bond acceptors (Lipinski definition) is 4. The maximum absolute atomic E-state index is 13.1. The number of carbonyl (C=O) groups is 2. The maximum Gasteiger partial charge on any atom is 0.416 e. The van der Waals surface area contributed by atoms with E-state index in [2.05, 4.69) is 19.1 Å². The monoisotopic (exact) mass is 393 g/mol. The second-order valence-corrected chi connectivity index (χ2v) is 7.96. The molecule has 4 atom stereocenters. The lowest BCUT2D eigenvalue weighted by Gasteiger charge is -2.36. The summed E-state index contributed by atoms with van der Waals surface area (Å²) in [6.45, 7) is 3.01. The van der Waals surface area contributed by atoms with Crippen molar-refractivity contribution in [3.8, 4) is 0 Å². The first-order valence-corrected chi connectivity index (χ1v) is 10.3. The van der Waals surface area contributed by atoms with Gasteiger partial charge < -0.3 is 9.47 Å². The first-order chi connectivity index (χ1) is 14.1. The first-order valence-electron chi connectivity index (χ1n) is 10.3. The van der Waals surface area contributed by atoms with E-state index in [1.165, 1.54) is 10.5 Å². The smallest absolute Gasteiger partial charge is 0.416 e. The third-order valence-electron chi connectivity index (χ3n) is 6.13. The van der Waals surface area contributed by atoms with Crippen molar-refractivity contribution in [1.82, 2.24) is 4.90 Å². The molecular weight excluding hydrogens is 366 g/mol. The Morgan fingerprint density at radius 2 is 1.76 bits per heavy atom. The van der Waals surface area contributed by atoms with Crippen LogP contribution in [0.3, 0.4) is 0 Å². The molecule has 5 heteroatoms. The van der Waals surface area contributed by atoms with Crippen LogP contribution in [0, 0.1) is 5.92 Å². The Morgan fingerprint density at radius 3 is 2.48 bits per heavy atom. The van der Waals surface area contributed by atoms with Crippen LogP contribution in [0.25, 0.3) is 0 Å². The van der Waals surface area contributed by atoms with Crippen molar-refractivity contribution in [3.05, 3.63) is 71.8 Å². The van der Waals surface area contributed by atoms with Crippen molar-refractivity contribution < 1.29 is 19.1 Å². The van der Waals surface area contributed by atoms with Gasteiger partial charge in [0.05, 0.1) is 18.6 Å². The Kier molecular flexibility index (Phi) is 5.95. The molecule has 0 saturated carbocycles. The second kappa shape index (κ2) is 8.78. The lowest BCUT2D eigenvalue weighted by atomic mass is 9.79. The summed E-state index contributed by atoms with van der Waals surface area (Å²) in [5.41, 5.74) is 2.36. The molecule has 2 aliphatic heterocycles. The fraction of sp³-hybridized carbons (Fsp3) is 0.417. The van der Waals surface area contributed by atoms with Crippen LogP contribution in [-0.2, 0) is 20.7 Å². The average molecular weight is 393 g/mol. The molecule has 0 spiro atoms. The van der Waals surface area contributed by atoms with Gasteiger partial charge in [-0.2, -0.15) is 0 Å². The fourth-order valence-electron chi connectivity index (χ4n) is 4.51. The van der Waals surface area contributed by atoms with Crippen molar-refractivity contribution in [2.45, 2.75) is 44.2 Å². The van der Waals surface area contributed by atoms with E-state index in [4.69, 9.17) is 9.47 Å². The minimum atomic E-state index is -0.543. The highest BCUT2D eigenvalue weighted by atomic mass is 16.6. The van der Waals surface area contributed by atoms with Gasteiger partial charge in [0.1, 0.15) is 6.61 Å². The van der Waals surface area contributed by atoms with Crippen molar-refractivity contribution in [2.24, 2.45) is 5.92 Å². The zero-order valence-corrected chi connectivity index (χ0v) is 16.7. The van der Waals surface area contributed by atoms with Crippen molar-refractivity contribution in [1.29, 1.82) is 0 Å². The lowest BCUT2D eigenvalue weighted by Crippen LogP contribution is -2.44. The molecule has 0 N–H and O–H groups in total. The number of cyclic esters (lactones) is 1. The third-order valence-corrected chi connectivity index (χ3v) is 6.13. The number of rotatable bonds is 5. The van der Waals surface area contributed by atoms with Crippen molar-refractivity contribution >= 4 is 12.0 Å². The number of amides is 2. The number of nitrogens with zero attached hydrogens (tertiary/aromatic N) is 1. The molecule has 4 rings (SSSR count). The zero-order chi connectivity index (χ0) is 20.2. The third kappa shape index (κ3) is 4.35. The molecule has 2 saturated heterocycles. The van der Waals surface area contributed by atoms with E-state index >= 15 is 0 Å². The molecule has 29 heavy (non-hydrogen) atoms. The minimum Gasteiger partial charge on any atom is -0.447 e. The Labute approximate surface area is 171 Å². The molecule has 2 aromatic rings. The highest BCUT2D eigenvalue weighted by Crippen LogP contribution is 2.37. The van der Waals surface area contributed by atoms with E-state index in [0.717, 1.165) is 12.0 Å². The number of imide groups is 1. The van der Waals surface area contributed by atoms with Gasteiger partial charge in [-0.3, -0.25) is 4.79 Å². The molecule has 152 valence electrons. The fourth-order valence-corrected chi connectivity index (χ4v) is 4.51. The van der Waals surface area contributed by atoms with Crippen LogP contribution in [0.15, 0.2) is 60.7 Å². The number of hydrogen-bond donors (Lipinski definition) is 0. The molecule has 0 aromatic heterocycles. The van der Waals surface area contributed by atoms with Gasteiger partial charge in [0, 0.05) is 6.61 Å².